The summed E-state index contributed by atoms with van der Waals surface area (Å²) in [5.74, 6) is 0.323. The van der Waals surface area contributed by atoms with Crippen LogP contribution in [0.3, 0.4) is 0 Å². The molecule has 2 aromatic carbocycles. The summed E-state index contributed by atoms with van der Waals surface area (Å²) in [5, 5.41) is 5.95. The van der Waals surface area contributed by atoms with E-state index in [9.17, 15) is 13.6 Å². The van der Waals surface area contributed by atoms with Crippen molar-refractivity contribution in [3.8, 4) is 0 Å². The van der Waals surface area contributed by atoms with Crippen LogP contribution in [0.4, 0.5) is 8.78 Å². The molecule has 4 N–H and O–H groups in total. The van der Waals surface area contributed by atoms with Crippen molar-refractivity contribution in [3.63, 3.8) is 0 Å². The molecule has 0 radical (unpaired) electrons. The largest absolute Gasteiger partial charge is 0.355 e. The molecule has 1 fully saturated rings. The summed E-state index contributed by atoms with van der Waals surface area (Å²) in [6.45, 7) is 15.0. The van der Waals surface area contributed by atoms with Crippen LogP contribution in [0.1, 0.15) is 69.6 Å². The molecule has 4 nitrogen and oxygen atoms in total. The Morgan fingerprint density at radius 1 is 1.16 bits per heavy atom. The van der Waals surface area contributed by atoms with Crippen LogP contribution in [0.25, 0.3) is 0 Å². The molecule has 6 heteroatoms. The Kier molecular flexibility index (Phi) is 16.0. The summed E-state index contributed by atoms with van der Waals surface area (Å²) < 4.78 is 24.4. The van der Waals surface area contributed by atoms with Gasteiger partial charge < -0.3 is 16.4 Å². The Morgan fingerprint density at radius 3 is 2.19 bits per heavy atom. The van der Waals surface area contributed by atoms with Crippen LogP contribution in [0.15, 0.2) is 42.5 Å². The SMILES string of the molecule is CC.CC(=O)NCCN.CC(C)c1cccc(C2CCNC2)c1.Cc1cc(F)cc(F)c1. The zero-order valence-corrected chi connectivity index (χ0v) is 20.5. The van der Waals surface area contributed by atoms with Gasteiger partial charge in [0.15, 0.2) is 0 Å². The van der Waals surface area contributed by atoms with Gasteiger partial charge in [-0.3, -0.25) is 4.79 Å². The van der Waals surface area contributed by atoms with Crippen LogP contribution in [-0.4, -0.2) is 32.1 Å². The Bertz CT molecular complexity index is 725. The topological polar surface area (TPSA) is 67.2 Å². The first-order chi connectivity index (χ1) is 15.2. The van der Waals surface area contributed by atoms with Crippen molar-refractivity contribution >= 4 is 5.91 Å². The van der Waals surface area contributed by atoms with Crippen LogP contribution < -0.4 is 16.4 Å². The minimum absolute atomic E-state index is 0.0227. The van der Waals surface area contributed by atoms with Crippen molar-refractivity contribution in [1.29, 1.82) is 0 Å². The lowest BCUT2D eigenvalue weighted by Gasteiger charge is -2.12. The molecule has 0 spiro atoms. The molecular weight excluding hydrogens is 408 g/mol. The number of rotatable bonds is 4. The molecule has 0 aliphatic carbocycles. The quantitative estimate of drug-likeness (QED) is 0.596. The van der Waals surface area contributed by atoms with E-state index in [1.54, 1.807) is 6.92 Å². The van der Waals surface area contributed by atoms with E-state index >= 15 is 0 Å². The second-order valence-corrected chi connectivity index (χ2v) is 7.73. The zero-order valence-electron chi connectivity index (χ0n) is 20.5. The number of carbonyl (C=O) groups is 1. The van der Waals surface area contributed by atoms with Crippen LogP contribution in [0, 0.1) is 18.6 Å². The number of aryl methyl sites for hydroxylation is 1. The predicted octanol–water partition coefficient (Wildman–Crippen LogP) is 5.27. The lowest BCUT2D eigenvalue weighted by atomic mass is 9.93. The van der Waals surface area contributed by atoms with Gasteiger partial charge in [0, 0.05) is 32.6 Å². The van der Waals surface area contributed by atoms with Gasteiger partial charge in [-0.15, -0.1) is 0 Å². The molecule has 0 aromatic heterocycles. The standard InChI is InChI=1S/C13H19N.C7H6F2.C4H10N2O.C2H6/c1-10(2)11-4-3-5-12(8-11)13-6-7-14-9-13;1-5-2-6(8)4-7(9)3-5;1-4(7)6-3-2-5;1-2/h3-5,8,10,13-14H,6-7,9H2,1-2H3;2-4H,1H3;2-3,5H2,1H3,(H,6,7);1-2H3. The summed E-state index contributed by atoms with van der Waals surface area (Å²) >= 11 is 0. The molecular formula is C26H41F2N3O. The van der Waals surface area contributed by atoms with E-state index in [4.69, 9.17) is 5.73 Å². The Balaban J connectivity index is 0.000000464. The Hall–Kier alpha value is -2.31. The fourth-order valence-corrected chi connectivity index (χ4v) is 3.05. The van der Waals surface area contributed by atoms with Gasteiger partial charge in [0.2, 0.25) is 5.91 Å². The van der Waals surface area contributed by atoms with Crippen LogP contribution >= 0.6 is 0 Å². The van der Waals surface area contributed by atoms with Gasteiger partial charge in [0.1, 0.15) is 11.6 Å². The highest BCUT2D eigenvalue weighted by Gasteiger charge is 2.16. The highest BCUT2D eigenvalue weighted by Crippen LogP contribution is 2.25. The third-order valence-electron chi connectivity index (χ3n) is 4.63. The van der Waals surface area contributed by atoms with Crippen molar-refractivity contribution in [1.82, 2.24) is 10.6 Å². The maximum absolute atomic E-state index is 12.2. The molecule has 3 rings (SSSR count). The minimum atomic E-state index is -0.521. The number of carbonyl (C=O) groups excluding carboxylic acids is 1. The van der Waals surface area contributed by atoms with Gasteiger partial charge in [0.05, 0.1) is 0 Å². The number of benzene rings is 2. The summed E-state index contributed by atoms with van der Waals surface area (Å²) in [6, 6.07) is 12.5. The summed E-state index contributed by atoms with van der Waals surface area (Å²) in [6.07, 6.45) is 1.29. The third-order valence-corrected chi connectivity index (χ3v) is 4.63. The first kappa shape index (κ1) is 29.7. The second-order valence-electron chi connectivity index (χ2n) is 7.73. The molecule has 1 amide bonds. The smallest absolute Gasteiger partial charge is 0.216 e. The normalized spacial score (nSPS) is 14.2. The Morgan fingerprint density at radius 2 is 1.78 bits per heavy atom. The number of hydrogen-bond donors (Lipinski definition) is 3. The van der Waals surface area contributed by atoms with Crippen LogP contribution in [0.2, 0.25) is 0 Å². The van der Waals surface area contributed by atoms with E-state index in [0.717, 1.165) is 18.5 Å². The van der Waals surface area contributed by atoms with E-state index in [1.165, 1.54) is 43.1 Å². The van der Waals surface area contributed by atoms with Gasteiger partial charge in [-0.25, -0.2) is 8.78 Å². The number of hydrogen-bond acceptors (Lipinski definition) is 3. The number of amides is 1. The lowest BCUT2D eigenvalue weighted by Crippen LogP contribution is -2.26. The maximum atomic E-state index is 12.2. The molecule has 180 valence electrons. The van der Waals surface area contributed by atoms with Crippen molar-refractivity contribution in [2.75, 3.05) is 26.2 Å². The van der Waals surface area contributed by atoms with Crippen molar-refractivity contribution in [2.24, 2.45) is 5.73 Å². The molecule has 0 saturated carbocycles. The minimum Gasteiger partial charge on any atom is -0.355 e. The van der Waals surface area contributed by atoms with E-state index in [1.807, 2.05) is 13.8 Å². The van der Waals surface area contributed by atoms with Gasteiger partial charge in [-0.1, -0.05) is 52.0 Å². The predicted molar refractivity (Wildman–Crippen MR) is 131 cm³/mol. The molecule has 1 unspecified atom stereocenters. The van der Waals surface area contributed by atoms with Gasteiger partial charge >= 0.3 is 0 Å². The summed E-state index contributed by atoms with van der Waals surface area (Å²) in [7, 11) is 0. The van der Waals surface area contributed by atoms with Crippen LogP contribution in [-0.2, 0) is 4.79 Å². The molecule has 1 aliphatic rings. The average Bonchev–Trinajstić information content (AvgIpc) is 3.29. The molecule has 1 aliphatic heterocycles. The zero-order chi connectivity index (χ0) is 24.5. The van der Waals surface area contributed by atoms with E-state index in [-0.39, 0.29) is 5.91 Å². The van der Waals surface area contributed by atoms with Gasteiger partial charge in [-0.05, 0) is 60.5 Å². The van der Waals surface area contributed by atoms with Crippen molar-refractivity contribution < 1.29 is 13.6 Å². The van der Waals surface area contributed by atoms with Crippen molar-refractivity contribution in [3.05, 3.63) is 70.8 Å². The molecule has 2 aromatic rings. The first-order valence-electron chi connectivity index (χ1n) is 11.4. The maximum Gasteiger partial charge on any atom is 0.216 e. The van der Waals surface area contributed by atoms with E-state index < -0.39 is 11.6 Å². The highest BCUT2D eigenvalue weighted by molar-refractivity contribution is 5.72. The summed E-state index contributed by atoms with van der Waals surface area (Å²) in [4.78, 5) is 10.0. The van der Waals surface area contributed by atoms with Crippen molar-refractivity contribution in [2.45, 2.75) is 59.8 Å². The Labute approximate surface area is 193 Å². The highest BCUT2D eigenvalue weighted by atomic mass is 19.1. The third kappa shape index (κ3) is 13.2. The van der Waals surface area contributed by atoms with Gasteiger partial charge in [-0.2, -0.15) is 0 Å². The molecule has 1 heterocycles. The van der Waals surface area contributed by atoms with Crippen LogP contribution in [0.5, 0.6) is 0 Å². The number of nitrogens with one attached hydrogen (secondary N) is 2. The van der Waals surface area contributed by atoms with E-state index in [0.29, 0.717) is 24.6 Å². The summed E-state index contributed by atoms with van der Waals surface area (Å²) in [5.41, 5.74) is 8.65. The first-order valence-corrected chi connectivity index (χ1v) is 11.4. The van der Waals surface area contributed by atoms with Gasteiger partial charge in [0.25, 0.3) is 0 Å². The number of halogens is 2. The molecule has 1 atom stereocenters. The lowest BCUT2D eigenvalue weighted by molar-refractivity contribution is -0.118. The molecule has 32 heavy (non-hydrogen) atoms. The molecule has 0 bridgehead atoms. The fourth-order valence-electron chi connectivity index (χ4n) is 3.05. The second kappa shape index (κ2) is 17.3. The number of nitrogens with two attached hydrogens (primary N) is 1. The average molecular weight is 450 g/mol. The monoisotopic (exact) mass is 449 g/mol. The molecule has 1 saturated heterocycles. The van der Waals surface area contributed by atoms with E-state index in [2.05, 4.69) is 48.7 Å². The fraction of sp³-hybridized carbons (Fsp3) is 0.500.